The normalized spacial score (nSPS) is 10.9. The molecule has 0 spiro atoms. The van der Waals surface area contributed by atoms with Crippen LogP contribution in [0, 0.1) is 6.92 Å². The molecule has 3 nitrogen and oxygen atoms in total. The third kappa shape index (κ3) is 3.85. The molecule has 0 radical (unpaired) electrons. The number of carbonyl (C=O) groups is 1. The zero-order chi connectivity index (χ0) is 18.1. The number of hydrogen-bond donors (Lipinski definition) is 0. The Kier molecular flexibility index (Phi) is 5.40. The van der Waals surface area contributed by atoms with Crippen molar-refractivity contribution in [3.63, 3.8) is 0 Å². The molecular formula is C18H12Cl4N2O. The summed E-state index contributed by atoms with van der Waals surface area (Å²) in [4.78, 5) is 11.7. The lowest BCUT2D eigenvalue weighted by molar-refractivity contribution is 0.107. The van der Waals surface area contributed by atoms with Gasteiger partial charge in [-0.1, -0.05) is 53.0 Å². The summed E-state index contributed by atoms with van der Waals surface area (Å²) in [5.41, 5.74) is 3.41. The molecule has 128 valence electrons. The summed E-state index contributed by atoms with van der Waals surface area (Å²) >= 11 is 23.9. The number of carbonyl (C=O) groups excluding carboxylic acids is 1. The van der Waals surface area contributed by atoms with Gasteiger partial charge in [0.1, 0.15) is 5.69 Å². The largest absolute Gasteiger partial charge is 0.274 e. The maximum atomic E-state index is 11.7. The molecule has 0 atom stereocenters. The first kappa shape index (κ1) is 18.3. The Hall–Kier alpha value is -1.52. The van der Waals surface area contributed by atoms with E-state index in [-0.39, 0.29) is 5.69 Å². The van der Waals surface area contributed by atoms with Crippen LogP contribution in [0.3, 0.4) is 0 Å². The maximum absolute atomic E-state index is 11.7. The van der Waals surface area contributed by atoms with Crippen LogP contribution >= 0.6 is 46.4 Å². The number of aromatic nitrogens is 2. The van der Waals surface area contributed by atoms with Crippen molar-refractivity contribution < 1.29 is 4.79 Å². The molecule has 0 N–H and O–H groups in total. The average molecular weight is 414 g/mol. The number of benzene rings is 2. The minimum absolute atomic E-state index is 0.219. The van der Waals surface area contributed by atoms with Crippen LogP contribution in [0.2, 0.25) is 15.1 Å². The Morgan fingerprint density at radius 1 is 1.04 bits per heavy atom. The molecule has 1 aromatic heterocycles. The second-order valence-electron chi connectivity index (χ2n) is 5.50. The van der Waals surface area contributed by atoms with Gasteiger partial charge in [0.25, 0.3) is 5.24 Å². The minimum Gasteiger partial charge on any atom is -0.274 e. The van der Waals surface area contributed by atoms with E-state index in [9.17, 15) is 4.79 Å². The number of rotatable bonds is 4. The van der Waals surface area contributed by atoms with Gasteiger partial charge in [-0.3, -0.25) is 9.48 Å². The van der Waals surface area contributed by atoms with Gasteiger partial charge >= 0.3 is 0 Å². The Bertz CT molecular complexity index is 948. The minimum atomic E-state index is -0.603. The van der Waals surface area contributed by atoms with Crippen LogP contribution in [0.25, 0.3) is 11.3 Å². The number of nitrogens with zero attached hydrogens (tertiary/aromatic N) is 2. The summed E-state index contributed by atoms with van der Waals surface area (Å²) < 4.78 is 1.71. The summed E-state index contributed by atoms with van der Waals surface area (Å²) in [5, 5.41) is 5.49. The molecule has 0 saturated heterocycles. The second-order valence-corrected chi connectivity index (χ2v) is 7.12. The van der Waals surface area contributed by atoms with Gasteiger partial charge in [0.2, 0.25) is 0 Å². The third-order valence-corrected chi connectivity index (χ3v) is 4.85. The molecule has 0 unspecified atom stereocenters. The molecule has 7 heteroatoms. The van der Waals surface area contributed by atoms with Crippen molar-refractivity contribution in [1.29, 1.82) is 0 Å². The smallest absolute Gasteiger partial charge is 0.273 e. The van der Waals surface area contributed by atoms with Gasteiger partial charge < -0.3 is 0 Å². The standard InChI is InChI=1S/C18H12Cl4N2O/c1-10-16(18(22)25)23-24(9-12-4-7-14(20)8-15(12)21)17(10)11-2-5-13(19)6-3-11/h2-8H,9H2,1H3. The van der Waals surface area contributed by atoms with Crippen molar-refractivity contribution >= 4 is 51.6 Å². The van der Waals surface area contributed by atoms with Crippen molar-refractivity contribution in [1.82, 2.24) is 9.78 Å². The fourth-order valence-corrected chi connectivity index (χ4v) is 3.41. The highest BCUT2D eigenvalue weighted by Gasteiger charge is 2.20. The van der Waals surface area contributed by atoms with Crippen LogP contribution in [0.5, 0.6) is 0 Å². The van der Waals surface area contributed by atoms with Gasteiger partial charge in [0, 0.05) is 26.2 Å². The van der Waals surface area contributed by atoms with Gasteiger partial charge in [-0.05, 0) is 48.4 Å². The topological polar surface area (TPSA) is 34.9 Å². The molecule has 0 aliphatic carbocycles. The van der Waals surface area contributed by atoms with E-state index in [1.165, 1.54) is 0 Å². The predicted molar refractivity (Wildman–Crippen MR) is 103 cm³/mol. The van der Waals surface area contributed by atoms with Gasteiger partial charge in [0.15, 0.2) is 0 Å². The zero-order valence-electron chi connectivity index (χ0n) is 13.1. The maximum Gasteiger partial charge on any atom is 0.273 e. The van der Waals surface area contributed by atoms with E-state index in [2.05, 4.69) is 5.10 Å². The summed E-state index contributed by atoms with van der Waals surface area (Å²) in [6.07, 6.45) is 0. The summed E-state index contributed by atoms with van der Waals surface area (Å²) in [5.74, 6) is 0. The molecule has 3 rings (SSSR count). The molecule has 3 aromatic rings. The van der Waals surface area contributed by atoms with Crippen molar-refractivity contribution in [2.75, 3.05) is 0 Å². The molecule has 2 aromatic carbocycles. The molecule has 0 aliphatic heterocycles. The van der Waals surface area contributed by atoms with Gasteiger partial charge in [-0.25, -0.2) is 0 Å². The van der Waals surface area contributed by atoms with Crippen LogP contribution in [-0.2, 0) is 6.54 Å². The van der Waals surface area contributed by atoms with Crippen molar-refractivity contribution in [2.45, 2.75) is 13.5 Å². The van der Waals surface area contributed by atoms with Gasteiger partial charge in [-0.2, -0.15) is 5.10 Å². The van der Waals surface area contributed by atoms with E-state index in [1.807, 2.05) is 25.1 Å². The van der Waals surface area contributed by atoms with E-state index in [4.69, 9.17) is 46.4 Å². The van der Waals surface area contributed by atoms with E-state index in [0.29, 0.717) is 27.2 Å². The quantitative estimate of drug-likeness (QED) is 0.474. The Morgan fingerprint density at radius 2 is 1.68 bits per heavy atom. The van der Waals surface area contributed by atoms with Gasteiger partial charge in [-0.15, -0.1) is 0 Å². The second kappa shape index (κ2) is 7.38. The summed E-state index contributed by atoms with van der Waals surface area (Å²) in [7, 11) is 0. The molecule has 1 heterocycles. The van der Waals surface area contributed by atoms with Crippen LogP contribution < -0.4 is 0 Å². The molecular weight excluding hydrogens is 402 g/mol. The molecule has 0 saturated carbocycles. The highest BCUT2D eigenvalue weighted by molar-refractivity contribution is 6.67. The first-order chi connectivity index (χ1) is 11.9. The van der Waals surface area contributed by atoms with Crippen molar-refractivity contribution in [3.05, 3.63) is 74.4 Å². The zero-order valence-corrected chi connectivity index (χ0v) is 16.1. The van der Waals surface area contributed by atoms with E-state index < -0.39 is 5.24 Å². The fraction of sp³-hybridized carbons (Fsp3) is 0.111. The lowest BCUT2D eigenvalue weighted by Gasteiger charge is -2.10. The van der Waals surface area contributed by atoms with Crippen molar-refractivity contribution in [3.8, 4) is 11.3 Å². The predicted octanol–water partition coefficient (Wildman–Crippen LogP) is 6.25. The van der Waals surface area contributed by atoms with Crippen LogP contribution in [0.15, 0.2) is 42.5 Å². The fourth-order valence-electron chi connectivity index (χ4n) is 2.64. The van der Waals surface area contributed by atoms with E-state index in [0.717, 1.165) is 16.8 Å². The monoisotopic (exact) mass is 412 g/mol. The number of halogens is 4. The van der Waals surface area contributed by atoms with E-state index >= 15 is 0 Å². The third-order valence-electron chi connectivity index (χ3n) is 3.83. The van der Waals surface area contributed by atoms with Crippen LogP contribution in [0.4, 0.5) is 0 Å². The van der Waals surface area contributed by atoms with Crippen LogP contribution in [0.1, 0.15) is 21.6 Å². The Labute approximate surface area is 165 Å². The van der Waals surface area contributed by atoms with Gasteiger partial charge in [0.05, 0.1) is 12.2 Å². The average Bonchev–Trinajstić information content (AvgIpc) is 2.88. The molecule has 0 aliphatic rings. The molecule has 25 heavy (non-hydrogen) atoms. The highest BCUT2D eigenvalue weighted by atomic mass is 35.5. The number of hydrogen-bond acceptors (Lipinski definition) is 2. The molecule has 0 bridgehead atoms. The highest BCUT2D eigenvalue weighted by Crippen LogP contribution is 2.30. The lowest BCUT2D eigenvalue weighted by atomic mass is 10.1. The van der Waals surface area contributed by atoms with Crippen molar-refractivity contribution in [2.24, 2.45) is 0 Å². The van der Waals surface area contributed by atoms with Crippen LogP contribution in [-0.4, -0.2) is 15.0 Å². The Balaban J connectivity index is 2.13. The lowest BCUT2D eigenvalue weighted by Crippen LogP contribution is -2.05. The summed E-state index contributed by atoms with van der Waals surface area (Å²) in [6.45, 7) is 2.19. The molecule has 0 fully saturated rings. The first-order valence-electron chi connectivity index (χ1n) is 7.34. The molecule has 0 amide bonds. The first-order valence-corrected chi connectivity index (χ1v) is 8.85. The summed E-state index contributed by atoms with van der Waals surface area (Å²) in [6, 6.07) is 12.6. The SMILES string of the molecule is Cc1c(C(=O)Cl)nn(Cc2ccc(Cl)cc2Cl)c1-c1ccc(Cl)cc1. The van der Waals surface area contributed by atoms with E-state index in [1.54, 1.807) is 28.9 Å². The Morgan fingerprint density at radius 3 is 2.28 bits per heavy atom.